The van der Waals surface area contributed by atoms with E-state index in [9.17, 15) is 4.79 Å². The number of piperazine rings is 1. The van der Waals surface area contributed by atoms with Gasteiger partial charge in [0.2, 0.25) is 5.91 Å². The van der Waals surface area contributed by atoms with E-state index in [-0.39, 0.29) is 12.5 Å². The quantitative estimate of drug-likeness (QED) is 0.618. The highest BCUT2D eigenvalue weighted by Crippen LogP contribution is 2.04. The van der Waals surface area contributed by atoms with Gasteiger partial charge in [0, 0.05) is 45.2 Å². The molecule has 1 unspecified atom stereocenters. The number of unbranched alkanes of at least 4 members (excludes halogenated alkanes) is 1. The molecule has 0 aromatic rings. The van der Waals surface area contributed by atoms with Crippen molar-refractivity contribution in [3.05, 3.63) is 0 Å². The van der Waals surface area contributed by atoms with Crippen molar-refractivity contribution in [2.75, 3.05) is 46.9 Å². The van der Waals surface area contributed by atoms with Gasteiger partial charge in [-0.05, 0) is 26.9 Å². The molecular formula is C12H25N3O2. The van der Waals surface area contributed by atoms with E-state index < -0.39 is 0 Å². The Kier molecular flexibility index (Phi) is 6.47. The highest BCUT2D eigenvalue weighted by molar-refractivity contribution is 5.75. The number of hydrogen-bond donors (Lipinski definition) is 2. The first-order valence-corrected chi connectivity index (χ1v) is 6.40. The minimum Gasteiger partial charge on any atom is -0.396 e. The maximum absolute atomic E-state index is 11.5. The van der Waals surface area contributed by atoms with Crippen LogP contribution in [-0.2, 0) is 4.79 Å². The molecule has 0 spiro atoms. The molecule has 0 saturated carbocycles. The van der Waals surface area contributed by atoms with Gasteiger partial charge in [-0.3, -0.25) is 9.69 Å². The maximum Gasteiger partial charge on any atom is 0.220 e. The van der Waals surface area contributed by atoms with E-state index in [1.165, 1.54) is 0 Å². The SMILES string of the molecule is CN1CCN(C)C(CNC(=O)CCCCO)C1. The number of nitrogens with one attached hydrogen (secondary N) is 1. The lowest BCUT2D eigenvalue weighted by Crippen LogP contribution is -2.54. The zero-order valence-electron chi connectivity index (χ0n) is 11.0. The Morgan fingerprint density at radius 3 is 2.82 bits per heavy atom. The fourth-order valence-electron chi connectivity index (χ4n) is 2.04. The summed E-state index contributed by atoms with van der Waals surface area (Å²) in [6.45, 7) is 4.05. The third kappa shape index (κ3) is 5.48. The topological polar surface area (TPSA) is 55.8 Å². The van der Waals surface area contributed by atoms with Crippen LogP contribution in [0, 0.1) is 0 Å². The molecule has 0 aliphatic carbocycles. The minimum atomic E-state index is 0.0973. The number of rotatable bonds is 6. The van der Waals surface area contributed by atoms with Crippen LogP contribution in [0.4, 0.5) is 0 Å². The maximum atomic E-state index is 11.5. The molecule has 5 heteroatoms. The predicted molar refractivity (Wildman–Crippen MR) is 67.9 cm³/mol. The van der Waals surface area contributed by atoms with Crippen LogP contribution >= 0.6 is 0 Å². The Balaban J connectivity index is 2.17. The van der Waals surface area contributed by atoms with Crippen molar-refractivity contribution >= 4 is 5.91 Å². The third-order valence-corrected chi connectivity index (χ3v) is 3.33. The molecule has 1 saturated heterocycles. The second-order valence-electron chi connectivity index (χ2n) is 4.88. The number of aliphatic hydroxyl groups excluding tert-OH is 1. The van der Waals surface area contributed by atoms with E-state index in [4.69, 9.17) is 5.11 Å². The largest absolute Gasteiger partial charge is 0.396 e. The van der Waals surface area contributed by atoms with Crippen LogP contribution in [-0.4, -0.2) is 73.7 Å². The zero-order valence-corrected chi connectivity index (χ0v) is 11.0. The monoisotopic (exact) mass is 243 g/mol. The molecular weight excluding hydrogens is 218 g/mol. The summed E-state index contributed by atoms with van der Waals surface area (Å²) in [6.07, 6.45) is 2.00. The fraction of sp³-hybridized carbons (Fsp3) is 0.917. The Bertz CT molecular complexity index is 236. The first-order valence-electron chi connectivity index (χ1n) is 6.40. The molecule has 1 fully saturated rings. The molecule has 0 aromatic heterocycles. The van der Waals surface area contributed by atoms with Crippen LogP contribution in [0.3, 0.4) is 0 Å². The molecule has 100 valence electrons. The lowest BCUT2D eigenvalue weighted by molar-refractivity contribution is -0.121. The lowest BCUT2D eigenvalue weighted by Gasteiger charge is -2.37. The first-order chi connectivity index (χ1) is 8.13. The molecule has 1 aliphatic rings. The average Bonchev–Trinajstić information content (AvgIpc) is 2.31. The Morgan fingerprint density at radius 2 is 2.12 bits per heavy atom. The van der Waals surface area contributed by atoms with Crippen LogP contribution in [0.5, 0.6) is 0 Å². The number of carbonyl (C=O) groups excluding carboxylic acids is 1. The van der Waals surface area contributed by atoms with Gasteiger partial charge in [0.15, 0.2) is 0 Å². The second-order valence-corrected chi connectivity index (χ2v) is 4.88. The summed E-state index contributed by atoms with van der Waals surface area (Å²) >= 11 is 0. The number of carbonyl (C=O) groups is 1. The summed E-state index contributed by atoms with van der Waals surface area (Å²) in [5.41, 5.74) is 0. The molecule has 2 N–H and O–H groups in total. The van der Waals surface area contributed by atoms with Gasteiger partial charge in [-0.25, -0.2) is 0 Å². The number of nitrogens with zero attached hydrogens (tertiary/aromatic N) is 2. The average molecular weight is 243 g/mol. The van der Waals surface area contributed by atoms with Gasteiger partial charge in [0.1, 0.15) is 0 Å². The van der Waals surface area contributed by atoms with Crippen LogP contribution in [0.1, 0.15) is 19.3 Å². The molecule has 1 atom stereocenters. The summed E-state index contributed by atoms with van der Waals surface area (Å²) in [7, 11) is 4.22. The van der Waals surface area contributed by atoms with Crippen molar-refractivity contribution < 1.29 is 9.90 Å². The van der Waals surface area contributed by atoms with Gasteiger partial charge in [-0.15, -0.1) is 0 Å². The fourth-order valence-corrected chi connectivity index (χ4v) is 2.04. The number of hydrogen-bond acceptors (Lipinski definition) is 4. The normalized spacial score (nSPS) is 22.6. The minimum absolute atomic E-state index is 0.0973. The number of likely N-dealkylation sites (N-methyl/N-ethyl adjacent to an activating group) is 2. The molecule has 1 rings (SSSR count). The van der Waals surface area contributed by atoms with Gasteiger partial charge in [-0.1, -0.05) is 0 Å². The predicted octanol–water partition coefficient (Wildman–Crippen LogP) is -0.489. The van der Waals surface area contributed by atoms with E-state index in [0.717, 1.165) is 32.6 Å². The molecule has 5 nitrogen and oxygen atoms in total. The summed E-state index contributed by atoms with van der Waals surface area (Å²) in [4.78, 5) is 16.1. The first kappa shape index (κ1) is 14.4. The molecule has 1 aliphatic heterocycles. The van der Waals surface area contributed by atoms with Gasteiger partial charge >= 0.3 is 0 Å². The van der Waals surface area contributed by atoms with Crippen molar-refractivity contribution in [3.63, 3.8) is 0 Å². The van der Waals surface area contributed by atoms with Gasteiger partial charge in [0.25, 0.3) is 0 Å². The van der Waals surface area contributed by atoms with Gasteiger partial charge in [0.05, 0.1) is 0 Å². The molecule has 0 aromatic carbocycles. The Hall–Kier alpha value is -0.650. The second kappa shape index (κ2) is 7.63. The molecule has 17 heavy (non-hydrogen) atoms. The standard InChI is InChI=1S/C12H25N3O2/c1-14-6-7-15(2)11(10-14)9-13-12(17)5-3-4-8-16/h11,16H,3-10H2,1-2H3,(H,13,17). The van der Waals surface area contributed by atoms with E-state index in [0.29, 0.717) is 18.9 Å². The molecule has 0 radical (unpaired) electrons. The van der Waals surface area contributed by atoms with Gasteiger partial charge in [-0.2, -0.15) is 0 Å². The van der Waals surface area contributed by atoms with E-state index in [2.05, 4.69) is 29.2 Å². The molecule has 0 bridgehead atoms. The summed E-state index contributed by atoms with van der Waals surface area (Å²) in [6, 6.07) is 0.413. The van der Waals surface area contributed by atoms with E-state index in [1.54, 1.807) is 0 Å². The summed E-state index contributed by atoms with van der Waals surface area (Å²) in [5.74, 6) is 0.0973. The van der Waals surface area contributed by atoms with Crippen LogP contribution in [0.25, 0.3) is 0 Å². The van der Waals surface area contributed by atoms with Crippen molar-refractivity contribution in [1.82, 2.24) is 15.1 Å². The summed E-state index contributed by atoms with van der Waals surface area (Å²) < 4.78 is 0. The highest BCUT2D eigenvalue weighted by atomic mass is 16.3. The third-order valence-electron chi connectivity index (χ3n) is 3.33. The summed E-state index contributed by atoms with van der Waals surface area (Å²) in [5, 5.41) is 11.6. The van der Waals surface area contributed by atoms with Gasteiger partial charge < -0.3 is 15.3 Å². The smallest absolute Gasteiger partial charge is 0.220 e. The highest BCUT2D eigenvalue weighted by Gasteiger charge is 2.22. The zero-order chi connectivity index (χ0) is 12.7. The van der Waals surface area contributed by atoms with Crippen molar-refractivity contribution in [2.24, 2.45) is 0 Å². The number of aliphatic hydroxyl groups is 1. The van der Waals surface area contributed by atoms with Crippen molar-refractivity contribution in [3.8, 4) is 0 Å². The van der Waals surface area contributed by atoms with E-state index >= 15 is 0 Å². The van der Waals surface area contributed by atoms with Crippen molar-refractivity contribution in [2.45, 2.75) is 25.3 Å². The van der Waals surface area contributed by atoms with Crippen LogP contribution in [0.2, 0.25) is 0 Å². The Morgan fingerprint density at radius 1 is 1.35 bits per heavy atom. The lowest BCUT2D eigenvalue weighted by atomic mass is 10.2. The molecule has 1 amide bonds. The van der Waals surface area contributed by atoms with Crippen LogP contribution < -0.4 is 5.32 Å². The van der Waals surface area contributed by atoms with E-state index in [1.807, 2.05) is 0 Å². The Labute approximate surface area is 104 Å². The van der Waals surface area contributed by atoms with Crippen LogP contribution in [0.15, 0.2) is 0 Å². The number of amides is 1. The van der Waals surface area contributed by atoms with Crippen molar-refractivity contribution in [1.29, 1.82) is 0 Å². The molecule has 1 heterocycles.